The summed E-state index contributed by atoms with van der Waals surface area (Å²) < 4.78 is 51.7. The summed E-state index contributed by atoms with van der Waals surface area (Å²) in [7, 11) is 0. The lowest BCUT2D eigenvalue weighted by Crippen LogP contribution is -2.19. The maximum atomic E-state index is 13.6. The zero-order valence-corrected chi connectivity index (χ0v) is 15.8. The van der Waals surface area contributed by atoms with E-state index in [1.54, 1.807) is 12.1 Å². The van der Waals surface area contributed by atoms with E-state index in [4.69, 9.17) is 4.74 Å². The number of benzene rings is 1. The summed E-state index contributed by atoms with van der Waals surface area (Å²) in [4.78, 5) is 19.7. The standard InChI is InChI=1S/C19H17F3N4O3/c1-4-28-18(27)14-9-25-26(17(14)19(20,21)22)15-8-16(24-10-23-15)29-13-6-11(2)5-12(3)7-13/h5-10H,4H2,1-3H3. The Morgan fingerprint density at radius 2 is 1.79 bits per heavy atom. The molecular weight excluding hydrogens is 389 g/mol. The number of carbonyl (C=O) groups excluding carboxylic acids is 1. The van der Waals surface area contributed by atoms with Gasteiger partial charge >= 0.3 is 12.1 Å². The van der Waals surface area contributed by atoms with E-state index in [0.29, 0.717) is 10.4 Å². The number of hydrogen-bond acceptors (Lipinski definition) is 6. The van der Waals surface area contributed by atoms with Crippen LogP contribution in [0.1, 0.15) is 34.1 Å². The average Bonchev–Trinajstić information content (AvgIpc) is 3.07. The highest BCUT2D eigenvalue weighted by Gasteiger charge is 2.41. The minimum Gasteiger partial charge on any atom is -0.462 e. The number of aromatic nitrogens is 4. The van der Waals surface area contributed by atoms with Crippen LogP contribution in [0.5, 0.6) is 11.6 Å². The molecule has 2 heterocycles. The molecule has 7 nitrogen and oxygen atoms in total. The minimum atomic E-state index is -4.86. The predicted octanol–water partition coefficient (Wildman–Crippen LogP) is 4.27. The van der Waals surface area contributed by atoms with E-state index in [0.717, 1.165) is 23.7 Å². The molecule has 152 valence electrons. The number of carbonyl (C=O) groups is 1. The summed E-state index contributed by atoms with van der Waals surface area (Å²) in [6.45, 7) is 5.21. The third-order valence-electron chi connectivity index (χ3n) is 3.80. The van der Waals surface area contributed by atoms with Gasteiger partial charge in [-0.1, -0.05) is 6.07 Å². The SMILES string of the molecule is CCOC(=O)c1cnn(-c2cc(Oc3cc(C)cc(C)c3)ncn2)c1C(F)(F)F. The smallest absolute Gasteiger partial charge is 0.434 e. The molecule has 0 unspecified atom stereocenters. The molecule has 2 aromatic heterocycles. The second kappa shape index (κ2) is 7.90. The first-order valence-electron chi connectivity index (χ1n) is 8.60. The molecule has 0 N–H and O–H groups in total. The van der Waals surface area contributed by atoms with E-state index in [1.165, 1.54) is 13.0 Å². The fourth-order valence-corrected chi connectivity index (χ4v) is 2.77. The Morgan fingerprint density at radius 1 is 1.10 bits per heavy atom. The fraction of sp³-hybridized carbons (Fsp3) is 0.263. The summed E-state index contributed by atoms with van der Waals surface area (Å²) in [5, 5.41) is 3.68. The van der Waals surface area contributed by atoms with Crippen molar-refractivity contribution in [3.63, 3.8) is 0 Å². The molecule has 0 radical (unpaired) electrons. The summed E-state index contributed by atoms with van der Waals surface area (Å²) in [5.41, 5.74) is -0.0682. The molecule has 0 saturated carbocycles. The molecule has 0 aliphatic rings. The van der Waals surface area contributed by atoms with Crippen LogP contribution in [0.2, 0.25) is 0 Å². The first-order chi connectivity index (χ1) is 13.7. The van der Waals surface area contributed by atoms with Crippen molar-refractivity contribution in [2.75, 3.05) is 6.61 Å². The number of rotatable bonds is 5. The molecule has 29 heavy (non-hydrogen) atoms. The zero-order chi connectivity index (χ0) is 21.2. The molecule has 0 bridgehead atoms. The van der Waals surface area contributed by atoms with Gasteiger partial charge in [0.25, 0.3) is 0 Å². The Bertz CT molecular complexity index is 1030. The van der Waals surface area contributed by atoms with Crippen molar-refractivity contribution in [3.05, 3.63) is 59.2 Å². The second-order valence-corrected chi connectivity index (χ2v) is 6.18. The van der Waals surface area contributed by atoms with Gasteiger partial charge in [0.1, 0.15) is 17.6 Å². The lowest BCUT2D eigenvalue weighted by Gasteiger charge is -2.12. The van der Waals surface area contributed by atoms with Crippen molar-refractivity contribution in [2.45, 2.75) is 26.9 Å². The number of aryl methyl sites for hydroxylation is 2. The van der Waals surface area contributed by atoms with Crippen molar-refractivity contribution in [1.82, 2.24) is 19.7 Å². The van der Waals surface area contributed by atoms with Crippen LogP contribution < -0.4 is 4.74 Å². The summed E-state index contributed by atoms with van der Waals surface area (Å²) in [6.07, 6.45) is -3.01. The minimum absolute atomic E-state index is 0.0290. The van der Waals surface area contributed by atoms with Crippen LogP contribution in [0, 0.1) is 13.8 Å². The summed E-state index contributed by atoms with van der Waals surface area (Å²) in [6, 6.07) is 6.69. The van der Waals surface area contributed by atoms with Crippen molar-refractivity contribution in [1.29, 1.82) is 0 Å². The third kappa shape index (κ3) is 4.53. The molecule has 0 aliphatic carbocycles. The monoisotopic (exact) mass is 406 g/mol. The number of nitrogens with zero attached hydrogens (tertiary/aromatic N) is 4. The Hall–Kier alpha value is -3.43. The van der Waals surface area contributed by atoms with Gasteiger partial charge in [0.05, 0.1) is 12.8 Å². The Labute approximate surface area is 164 Å². The van der Waals surface area contributed by atoms with E-state index in [9.17, 15) is 18.0 Å². The van der Waals surface area contributed by atoms with Crippen LogP contribution in [0.25, 0.3) is 5.82 Å². The molecule has 0 spiro atoms. The number of halogens is 3. The predicted molar refractivity (Wildman–Crippen MR) is 96.1 cm³/mol. The molecule has 0 amide bonds. The van der Waals surface area contributed by atoms with Gasteiger partial charge in [-0.2, -0.15) is 18.3 Å². The number of alkyl halides is 3. The van der Waals surface area contributed by atoms with Crippen LogP contribution in [0.4, 0.5) is 13.2 Å². The molecule has 3 rings (SSSR count). The molecular formula is C19H17F3N4O3. The van der Waals surface area contributed by atoms with E-state index < -0.39 is 23.4 Å². The lowest BCUT2D eigenvalue weighted by molar-refractivity contribution is -0.143. The molecule has 1 aromatic carbocycles. The van der Waals surface area contributed by atoms with Gasteiger partial charge in [0.15, 0.2) is 11.5 Å². The van der Waals surface area contributed by atoms with Crippen LogP contribution >= 0.6 is 0 Å². The molecule has 3 aromatic rings. The van der Waals surface area contributed by atoms with Gasteiger partial charge in [-0.15, -0.1) is 0 Å². The van der Waals surface area contributed by atoms with Gasteiger partial charge in [0.2, 0.25) is 5.88 Å². The normalized spacial score (nSPS) is 11.4. The Balaban J connectivity index is 2.01. The van der Waals surface area contributed by atoms with E-state index in [1.807, 2.05) is 19.9 Å². The van der Waals surface area contributed by atoms with Gasteiger partial charge < -0.3 is 9.47 Å². The summed E-state index contributed by atoms with van der Waals surface area (Å²) in [5.74, 6) is -0.814. The van der Waals surface area contributed by atoms with Crippen LogP contribution in [-0.2, 0) is 10.9 Å². The van der Waals surface area contributed by atoms with Crippen molar-refractivity contribution >= 4 is 5.97 Å². The highest BCUT2D eigenvalue weighted by molar-refractivity contribution is 5.90. The largest absolute Gasteiger partial charge is 0.462 e. The maximum absolute atomic E-state index is 13.6. The van der Waals surface area contributed by atoms with Crippen LogP contribution in [0.15, 0.2) is 36.8 Å². The van der Waals surface area contributed by atoms with Crippen molar-refractivity contribution in [3.8, 4) is 17.4 Å². The van der Waals surface area contributed by atoms with Crippen molar-refractivity contribution in [2.24, 2.45) is 0 Å². The number of ether oxygens (including phenoxy) is 2. The van der Waals surface area contributed by atoms with E-state index in [-0.39, 0.29) is 18.3 Å². The van der Waals surface area contributed by atoms with Gasteiger partial charge in [-0.25, -0.2) is 19.4 Å². The Morgan fingerprint density at radius 3 is 2.41 bits per heavy atom. The third-order valence-corrected chi connectivity index (χ3v) is 3.80. The quantitative estimate of drug-likeness (QED) is 0.589. The highest BCUT2D eigenvalue weighted by Crippen LogP contribution is 2.34. The first-order valence-corrected chi connectivity index (χ1v) is 8.60. The molecule has 0 aliphatic heterocycles. The van der Waals surface area contributed by atoms with Gasteiger partial charge in [0, 0.05) is 6.07 Å². The topological polar surface area (TPSA) is 79.1 Å². The fourth-order valence-electron chi connectivity index (χ4n) is 2.77. The number of hydrogen-bond donors (Lipinski definition) is 0. The van der Waals surface area contributed by atoms with E-state index in [2.05, 4.69) is 19.8 Å². The number of esters is 1. The zero-order valence-electron chi connectivity index (χ0n) is 15.8. The van der Waals surface area contributed by atoms with Gasteiger partial charge in [-0.05, 0) is 44.0 Å². The molecule has 0 saturated heterocycles. The highest BCUT2D eigenvalue weighted by atomic mass is 19.4. The van der Waals surface area contributed by atoms with Crippen molar-refractivity contribution < 1.29 is 27.4 Å². The average molecular weight is 406 g/mol. The van der Waals surface area contributed by atoms with Crippen LogP contribution in [0.3, 0.4) is 0 Å². The Kier molecular flexibility index (Phi) is 5.53. The first kappa shape index (κ1) is 20.3. The summed E-state index contributed by atoms with van der Waals surface area (Å²) >= 11 is 0. The lowest BCUT2D eigenvalue weighted by atomic mass is 10.1. The molecule has 0 atom stereocenters. The second-order valence-electron chi connectivity index (χ2n) is 6.18. The maximum Gasteiger partial charge on any atom is 0.434 e. The van der Waals surface area contributed by atoms with E-state index >= 15 is 0 Å². The molecule has 0 fully saturated rings. The van der Waals surface area contributed by atoms with Crippen LogP contribution in [-0.4, -0.2) is 32.3 Å². The molecule has 10 heteroatoms. The van der Waals surface area contributed by atoms with Gasteiger partial charge in [-0.3, -0.25) is 0 Å².